The molecule has 3 aromatic rings. The summed E-state index contributed by atoms with van der Waals surface area (Å²) in [6.45, 7) is 9.60. The Bertz CT molecular complexity index is 963. The molecule has 0 spiro atoms. The molecule has 29 heavy (non-hydrogen) atoms. The van der Waals surface area contributed by atoms with Gasteiger partial charge in [0.1, 0.15) is 0 Å². The molecule has 2 nitrogen and oxygen atoms in total. The van der Waals surface area contributed by atoms with E-state index in [1.54, 1.807) is 0 Å². The third kappa shape index (κ3) is 5.16. The van der Waals surface area contributed by atoms with Gasteiger partial charge in [0.05, 0.1) is 5.69 Å². The maximum atomic E-state index is 6.01. The van der Waals surface area contributed by atoms with E-state index in [1.807, 2.05) is 23.9 Å². The van der Waals surface area contributed by atoms with E-state index in [0.717, 1.165) is 37.7 Å². The fourth-order valence-electron chi connectivity index (χ4n) is 3.83. The summed E-state index contributed by atoms with van der Waals surface area (Å²) in [5, 5.41) is 0.802. The van der Waals surface area contributed by atoms with Gasteiger partial charge in [0.25, 0.3) is 0 Å². The van der Waals surface area contributed by atoms with Gasteiger partial charge < -0.3 is 4.90 Å². The predicted molar refractivity (Wildman–Crippen MR) is 125 cm³/mol. The van der Waals surface area contributed by atoms with Crippen molar-refractivity contribution in [3.8, 4) is 0 Å². The Morgan fingerprint density at radius 2 is 1.55 bits per heavy atom. The third-order valence-electron chi connectivity index (χ3n) is 5.45. The molecule has 0 bridgehead atoms. The quantitative estimate of drug-likeness (QED) is 0.467. The fourth-order valence-corrected chi connectivity index (χ4v) is 5.00. The van der Waals surface area contributed by atoms with Crippen molar-refractivity contribution in [1.82, 2.24) is 4.90 Å². The molecule has 4 heteroatoms. The van der Waals surface area contributed by atoms with Crippen molar-refractivity contribution in [2.24, 2.45) is 0 Å². The number of rotatable bonds is 5. The van der Waals surface area contributed by atoms with Gasteiger partial charge in [0, 0.05) is 47.5 Å². The molecule has 4 rings (SSSR count). The highest BCUT2D eigenvalue weighted by molar-refractivity contribution is 7.99. The minimum atomic E-state index is 0.802. The van der Waals surface area contributed by atoms with Crippen LogP contribution >= 0.6 is 23.4 Å². The van der Waals surface area contributed by atoms with E-state index in [9.17, 15) is 0 Å². The van der Waals surface area contributed by atoms with E-state index in [0.29, 0.717) is 0 Å². The monoisotopic (exact) mass is 422 g/mol. The molecule has 1 fully saturated rings. The molecule has 1 heterocycles. The lowest BCUT2D eigenvalue weighted by atomic mass is 10.2. The van der Waals surface area contributed by atoms with Crippen LogP contribution in [0.15, 0.2) is 76.5 Å². The fraction of sp³-hybridized carbons (Fsp3) is 0.280. The molecular weight excluding hydrogens is 396 g/mol. The Balaban J connectivity index is 1.42. The molecule has 0 radical (unpaired) electrons. The van der Waals surface area contributed by atoms with Gasteiger partial charge >= 0.3 is 0 Å². The highest BCUT2D eigenvalue weighted by Gasteiger charge is 2.19. The Kier molecular flexibility index (Phi) is 6.49. The lowest BCUT2D eigenvalue weighted by Gasteiger charge is -2.37. The number of hydrogen-bond donors (Lipinski definition) is 0. The maximum Gasteiger partial charge on any atom is 0.0508 e. The summed E-state index contributed by atoms with van der Waals surface area (Å²) in [6.07, 6.45) is 0. The highest BCUT2D eigenvalue weighted by atomic mass is 35.5. The average Bonchev–Trinajstić information content (AvgIpc) is 2.73. The Morgan fingerprint density at radius 1 is 0.828 bits per heavy atom. The van der Waals surface area contributed by atoms with Gasteiger partial charge in [-0.1, -0.05) is 65.3 Å². The number of nitrogens with zero attached hydrogens (tertiary/aromatic N) is 2. The molecule has 0 saturated carbocycles. The zero-order valence-electron chi connectivity index (χ0n) is 17.1. The summed E-state index contributed by atoms with van der Waals surface area (Å²) in [4.78, 5) is 7.74. The minimum absolute atomic E-state index is 0.802. The normalized spacial score (nSPS) is 14.9. The van der Waals surface area contributed by atoms with Crippen LogP contribution in [0.2, 0.25) is 5.02 Å². The van der Waals surface area contributed by atoms with E-state index in [1.165, 1.54) is 32.2 Å². The van der Waals surface area contributed by atoms with Crippen molar-refractivity contribution in [2.45, 2.75) is 30.2 Å². The summed E-state index contributed by atoms with van der Waals surface area (Å²) in [6, 6.07) is 23.7. The standard InChI is InChI=1S/C25H27ClN2S/c1-19-7-12-24(20(2)17-19)29-25-6-4-3-5-23(25)28-15-13-27(14-16-28)18-21-8-10-22(26)11-9-21/h3-12,17H,13-16,18H2,1-2H3. The average molecular weight is 423 g/mol. The van der Waals surface area contributed by atoms with Crippen LogP contribution in [0.5, 0.6) is 0 Å². The number of anilines is 1. The van der Waals surface area contributed by atoms with Gasteiger partial charge in [-0.15, -0.1) is 0 Å². The first kappa shape index (κ1) is 20.3. The SMILES string of the molecule is Cc1ccc(Sc2ccccc2N2CCN(Cc3ccc(Cl)cc3)CC2)c(C)c1. The molecule has 0 atom stereocenters. The molecule has 0 N–H and O–H groups in total. The number of para-hydroxylation sites is 1. The number of aryl methyl sites for hydroxylation is 2. The van der Waals surface area contributed by atoms with Crippen LogP contribution in [-0.2, 0) is 6.54 Å². The number of piperazine rings is 1. The van der Waals surface area contributed by atoms with Gasteiger partial charge in [0.2, 0.25) is 0 Å². The van der Waals surface area contributed by atoms with Crippen LogP contribution in [0.3, 0.4) is 0 Å². The molecule has 150 valence electrons. The van der Waals surface area contributed by atoms with Gasteiger partial charge in [-0.05, 0) is 55.3 Å². The van der Waals surface area contributed by atoms with Crippen LogP contribution in [0.4, 0.5) is 5.69 Å². The molecule has 1 aliphatic rings. The summed E-state index contributed by atoms with van der Waals surface area (Å²) >= 11 is 7.89. The van der Waals surface area contributed by atoms with Crippen LogP contribution in [0.25, 0.3) is 0 Å². The van der Waals surface area contributed by atoms with Crippen LogP contribution in [0, 0.1) is 13.8 Å². The number of hydrogen-bond acceptors (Lipinski definition) is 3. The smallest absolute Gasteiger partial charge is 0.0508 e. The van der Waals surface area contributed by atoms with Crippen molar-refractivity contribution >= 4 is 29.1 Å². The van der Waals surface area contributed by atoms with Crippen LogP contribution < -0.4 is 4.90 Å². The third-order valence-corrected chi connectivity index (χ3v) is 6.94. The lowest BCUT2D eigenvalue weighted by molar-refractivity contribution is 0.249. The Morgan fingerprint density at radius 3 is 2.28 bits per heavy atom. The molecule has 0 aromatic heterocycles. The van der Waals surface area contributed by atoms with Crippen molar-refractivity contribution in [3.63, 3.8) is 0 Å². The van der Waals surface area contributed by atoms with Crippen molar-refractivity contribution in [1.29, 1.82) is 0 Å². The number of benzene rings is 3. The van der Waals surface area contributed by atoms with Gasteiger partial charge in [-0.25, -0.2) is 0 Å². The number of halogens is 1. The topological polar surface area (TPSA) is 6.48 Å². The van der Waals surface area contributed by atoms with E-state index >= 15 is 0 Å². The molecule has 0 amide bonds. The summed E-state index contributed by atoms with van der Waals surface area (Å²) < 4.78 is 0. The largest absolute Gasteiger partial charge is 0.368 e. The molecular formula is C25H27ClN2S. The van der Waals surface area contributed by atoms with Crippen LogP contribution in [0.1, 0.15) is 16.7 Å². The van der Waals surface area contributed by atoms with E-state index in [4.69, 9.17) is 11.6 Å². The van der Waals surface area contributed by atoms with E-state index in [2.05, 4.69) is 78.2 Å². The van der Waals surface area contributed by atoms with Crippen LogP contribution in [-0.4, -0.2) is 31.1 Å². The van der Waals surface area contributed by atoms with Crippen molar-refractivity contribution < 1.29 is 0 Å². The molecule has 1 saturated heterocycles. The van der Waals surface area contributed by atoms with Gasteiger partial charge in [-0.2, -0.15) is 0 Å². The molecule has 1 aliphatic heterocycles. The zero-order chi connectivity index (χ0) is 20.2. The zero-order valence-corrected chi connectivity index (χ0v) is 18.6. The first-order valence-electron chi connectivity index (χ1n) is 10.1. The first-order chi connectivity index (χ1) is 14.1. The lowest BCUT2D eigenvalue weighted by Crippen LogP contribution is -2.46. The second kappa shape index (κ2) is 9.25. The maximum absolute atomic E-state index is 6.01. The molecule has 0 aliphatic carbocycles. The van der Waals surface area contributed by atoms with Gasteiger partial charge in [-0.3, -0.25) is 4.90 Å². The Hall–Kier alpha value is -1.94. The summed E-state index contributed by atoms with van der Waals surface area (Å²) in [5.74, 6) is 0. The minimum Gasteiger partial charge on any atom is -0.368 e. The first-order valence-corrected chi connectivity index (χ1v) is 11.3. The predicted octanol–water partition coefficient (Wildman–Crippen LogP) is 6.43. The second-order valence-electron chi connectivity index (χ2n) is 7.73. The Labute approximate surface area is 183 Å². The van der Waals surface area contributed by atoms with E-state index in [-0.39, 0.29) is 0 Å². The molecule has 0 unspecified atom stereocenters. The highest BCUT2D eigenvalue weighted by Crippen LogP contribution is 2.37. The van der Waals surface area contributed by atoms with E-state index < -0.39 is 0 Å². The van der Waals surface area contributed by atoms with Crippen molar-refractivity contribution in [3.05, 3.63) is 88.4 Å². The van der Waals surface area contributed by atoms with Crippen molar-refractivity contribution in [2.75, 3.05) is 31.1 Å². The molecule has 3 aromatic carbocycles. The second-order valence-corrected chi connectivity index (χ2v) is 9.25. The summed E-state index contributed by atoms with van der Waals surface area (Å²) in [7, 11) is 0. The summed E-state index contributed by atoms with van der Waals surface area (Å²) in [5.41, 5.74) is 5.34. The van der Waals surface area contributed by atoms with Gasteiger partial charge in [0.15, 0.2) is 0 Å².